The van der Waals surface area contributed by atoms with Crippen molar-refractivity contribution >= 4 is 17.7 Å². The number of hydrogen-bond acceptors (Lipinski definition) is 3. The van der Waals surface area contributed by atoms with E-state index < -0.39 is 0 Å². The van der Waals surface area contributed by atoms with E-state index in [-0.39, 0.29) is 0 Å². The molecule has 1 aliphatic heterocycles. The van der Waals surface area contributed by atoms with Crippen LogP contribution in [0.25, 0.3) is 0 Å². The molecule has 3 nitrogen and oxygen atoms in total. The maximum absolute atomic E-state index is 11.9. The molecule has 2 fully saturated rings. The van der Waals surface area contributed by atoms with Crippen LogP contribution in [0.2, 0.25) is 0 Å². The summed E-state index contributed by atoms with van der Waals surface area (Å²) < 4.78 is 0. The van der Waals surface area contributed by atoms with Crippen LogP contribution in [0.15, 0.2) is 0 Å². The summed E-state index contributed by atoms with van der Waals surface area (Å²) in [6, 6.07) is 0.641. The first-order valence-corrected chi connectivity index (χ1v) is 8.71. The van der Waals surface area contributed by atoms with Crippen LogP contribution in [0.5, 0.6) is 0 Å². The molecule has 1 aliphatic carbocycles. The smallest absolute Gasteiger partial charge is 0.225 e. The Kier molecular flexibility index (Phi) is 5.83. The lowest BCUT2D eigenvalue weighted by atomic mass is 10.0. The van der Waals surface area contributed by atoms with E-state index >= 15 is 0 Å². The first kappa shape index (κ1) is 14.2. The molecule has 0 unspecified atom stereocenters. The van der Waals surface area contributed by atoms with Gasteiger partial charge in [-0.05, 0) is 57.1 Å². The fourth-order valence-corrected chi connectivity index (χ4v) is 3.06. The van der Waals surface area contributed by atoms with Crippen LogP contribution in [0.1, 0.15) is 38.5 Å². The molecule has 1 heterocycles. The van der Waals surface area contributed by atoms with Crippen LogP contribution in [-0.2, 0) is 4.79 Å². The minimum absolute atomic E-state index is 0.390. The molecular formula is C14H26N2OS. The number of nitrogens with one attached hydrogen (secondary N) is 1. The number of hydrogen-bond donors (Lipinski definition) is 1. The molecule has 0 spiro atoms. The third kappa shape index (κ3) is 4.47. The first-order chi connectivity index (χ1) is 8.81. The van der Waals surface area contributed by atoms with E-state index in [1.54, 1.807) is 0 Å². The van der Waals surface area contributed by atoms with Gasteiger partial charge in [0.1, 0.15) is 0 Å². The van der Waals surface area contributed by atoms with E-state index in [1.165, 1.54) is 18.6 Å². The Morgan fingerprint density at radius 1 is 1.22 bits per heavy atom. The summed E-state index contributed by atoms with van der Waals surface area (Å²) in [6.45, 7) is 3.08. The zero-order valence-corrected chi connectivity index (χ0v) is 12.3. The maximum Gasteiger partial charge on any atom is 0.225 e. The summed E-state index contributed by atoms with van der Waals surface area (Å²) in [5, 5.41) is 3.64. The highest BCUT2D eigenvalue weighted by Crippen LogP contribution is 2.31. The molecule has 2 aliphatic rings. The molecule has 0 bridgehead atoms. The third-order valence-corrected chi connectivity index (χ3v) is 4.64. The third-order valence-electron chi connectivity index (χ3n) is 3.94. The van der Waals surface area contributed by atoms with Gasteiger partial charge in [0.05, 0.1) is 0 Å². The maximum atomic E-state index is 11.9. The molecule has 2 rings (SSSR count). The van der Waals surface area contributed by atoms with Crippen molar-refractivity contribution in [2.24, 2.45) is 5.92 Å². The highest BCUT2D eigenvalue weighted by Gasteiger charge is 2.34. The fourth-order valence-electron chi connectivity index (χ4n) is 2.57. The van der Waals surface area contributed by atoms with Crippen LogP contribution in [0.3, 0.4) is 0 Å². The number of thioether (sulfide) groups is 1. The van der Waals surface area contributed by atoms with Gasteiger partial charge < -0.3 is 10.2 Å². The van der Waals surface area contributed by atoms with Gasteiger partial charge in [0.25, 0.3) is 0 Å². The van der Waals surface area contributed by atoms with Crippen LogP contribution >= 0.6 is 11.8 Å². The van der Waals surface area contributed by atoms with E-state index in [2.05, 4.69) is 16.5 Å². The largest absolute Gasteiger partial charge is 0.342 e. The molecule has 1 amide bonds. The normalized spacial score (nSPS) is 21.3. The van der Waals surface area contributed by atoms with Gasteiger partial charge >= 0.3 is 0 Å². The number of amides is 1. The number of carbonyl (C=O) groups is 1. The molecule has 1 saturated carbocycles. The van der Waals surface area contributed by atoms with E-state index in [0.717, 1.165) is 45.3 Å². The molecular weight excluding hydrogens is 244 g/mol. The summed E-state index contributed by atoms with van der Waals surface area (Å²) in [6.07, 6.45) is 9.30. The SMILES string of the molecule is CSCCCCNC1CCN(C(=O)C2CC2)CC1. The summed E-state index contributed by atoms with van der Waals surface area (Å²) in [5.41, 5.74) is 0. The number of rotatable bonds is 7. The Morgan fingerprint density at radius 2 is 1.94 bits per heavy atom. The summed E-state index contributed by atoms with van der Waals surface area (Å²) in [4.78, 5) is 14.0. The first-order valence-electron chi connectivity index (χ1n) is 7.32. The van der Waals surface area contributed by atoms with Crippen molar-refractivity contribution in [3.63, 3.8) is 0 Å². The summed E-state index contributed by atoms with van der Waals surface area (Å²) in [7, 11) is 0. The van der Waals surface area contributed by atoms with Gasteiger partial charge in [-0.2, -0.15) is 11.8 Å². The zero-order valence-electron chi connectivity index (χ0n) is 11.5. The van der Waals surface area contributed by atoms with Gasteiger partial charge in [0, 0.05) is 25.0 Å². The molecule has 104 valence electrons. The second-order valence-corrected chi connectivity index (χ2v) is 6.51. The Morgan fingerprint density at radius 3 is 2.56 bits per heavy atom. The second kappa shape index (κ2) is 7.39. The Labute approximate surface area is 115 Å². The summed E-state index contributed by atoms with van der Waals surface area (Å²) >= 11 is 1.93. The van der Waals surface area contributed by atoms with Crippen molar-refractivity contribution in [1.82, 2.24) is 10.2 Å². The fraction of sp³-hybridized carbons (Fsp3) is 0.929. The van der Waals surface area contributed by atoms with Crippen LogP contribution in [0, 0.1) is 5.92 Å². The standard InChI is InChI=1S/C14H26N2OS/c1-18-11-3-2-8-15-13-6-9-16(10-7-13)14(17)12-4-5-12/h12-13,15H,2-11H2,1H3. The Hall–Kier alpha value is -0.220. The molecule has 0 atom stereocenters. The number of nitrogens with zero attached hydrogens (tertiary/aromatic N) is 1. The molecule has 1 N–H and O–H groups in total. The number of carbonyl (C=O) groups excluding carboxylic acids is 1. The van der Waals surface area contributed by atoms with Gasteiger partial charge in [-0.1, -0.05) is 0 Å². The van der Waals surface area contributed by atoms with E-state index in [1.807, 2.05) is 11.8 Å². The molecule has 4 heteroatoms. The summed E-state index contributed by atoms with van der Waals surface area (Å²) in [5.74, 6) is 2.09. The predicted molar refractivity (Wildman–Crippen MR) is 77.9 cm³/mol. The number of piperidine rings is 1. The molecule has 0 aromatic rings. The van der Waals surface area contributed by atoms with Crippen molar-refractivity contribution in [1.29, 1.82) is 0 Å². The van der Waals surface area contributed by atoms with Gasteiger partial charge in [-0.15, -0.1) is 0 Å². The van der Waals surface area contributed by atoms with E-state index in [9.17, 15) is 4.79 Å². The highest BCUT2D eigenvalue weighted by atomic mass is 32.2. The minimum atomic E-state index is 0.390. The lowest BCUT2D eigenvalue weighted by Gasteiger charge is -2.32. The molecule has 0 radical (unpaired) electrons. The van der Waals surface area contributed by atoms with Crippen molar-refractivity contribution in [2.75, 3.05) is 31.6 Å². The number of unbranched alkanes of at least 4 members (excludes halogenated alkanes) is 1. The van der Waals surface area contributed by atoms with Crippen molar-refractivity contribution in [2.45, 2.75) is 44.6 Å². The van der Waals surface area contributed by atoms with Gasteiger partial charge in [0.15, 0.2) is 0 Å². The molecule has 18 heavy (non-hydrogen) atoms. The van der Waals surface area contributed by atoms with Gasteiger partial charge in [-0.25, -0.2) is 0 Å². The Balaban J connectivity index is 1.54. The van der Waals surface area contributed by atoms with Crippen LogP contribution in [0.4, 0.5) is 0 Å². The van der Waals surface area contributed by atoms with Crippen LogP contribution in [-0.4, -0.2) is 48.5 Å². The minimum Gasteiger partial charge on any atom is -0.342 e. The highest BCUT2D eigenvalue weighted by molar-refractivity contribution is 7.98. The lowest BCUT2D eigenvalue weighted by Crippen LogP contribution is -2.45. The lowest BCUT2D eigenvalue weighted by molar-refractivity contribution is -0.133. The predicted octanol–water partition coefficient (Wildman–Crippen LogP) is 2.12. The quantitative estimate of drug-likeness (QED) is 0.719. The zero-order chi connectivity index (χ0) is 12.8. The average Bonchev–Trinajstić information content (AvgIpc) is 3.23. The van der Waals surface area contributed by atoms with Gasteiger partial charge in [-0.3, -0.25) is 4.79 Å². The van der Waals surface area contributed by atoms with E-state index in [0.29, 0.717) is 17.9 Å². The van der Waals surface area contributed by atoms with Gasteiger partial charge in [0.2, 0.25) is 5.91 Å². The van der Waals surface area contributed by atoms with Crippen molar-refractivity contribution < 1.29 is 4.79 Å². The van der Waals surface area contributed by atoms with E-state index in [4.69, 9.17) is 0 Å². The van der Waals surface area contributed by atoms with Crippen molar-refractivity contribution in [3.8, 4) is 0 Å². The molecule has 1 saturated heterocycles. The monoisotopic (exact) mass is 270 g/mol. The Bertz CT molecular complexity index is 261. The molecule has 0 aromatic heterocycles. The van der Waals surface area contributed by atoms with Crippen LogP contribution < -0.4 is 5.32 Å². The van der Waals surface area contributed by atoms with Crippen molar-refractivity contribution in [3.05, 3.63) is 0 Å². The molecule has 0 aromatic carbocycles. The topological polar surface area (TPSA) is 32.3 Å². The average molecular weight is 270 g/mol. The second-order valence-electron chi connectivity index (χ2n) is 5.53. The number of likely N-dealkylation sites (tertiary alicyclic amines) is 1.